The van der Waals surface area contributed by atoms with Gasteiger partial charge in [0.05, 0.1) is 27.0 Å². The van der Waals surface area contributed by atoms with Crippen LogP contribution in [0.5, 0.6) is 0 Å². The summed E-state index contributed by atoms with van der Waals surface area (Å²) >= 11 is 1.14. The molecule has 0 radical (unpaired) electrons. The highest BCUT2D eigenvalue weighted by Crippen LogP contribution is 2.63. The van der Waals surface area contributed by atoms with E-state index in [0.717, 1.165) is 90.2 Å². The zero-order valence-corrected chi connectivity index (χ0v) is 20.0. The number of hydrazone groups is 1. The van der Waals surface area contributed by atoms with Crippen molar-refractivity contribution in [2.24, 2.45) is 46.0 Å². The van der Waals surface area contributed by atoms with Crippen LogP contribution in [0.3, 0.4) is 0 Å². The Morgan fingerprint density at radius 3 is 1.85 bits per heavy atom. The Kier molecular flexibility index (Phi) is 4.45. The maximum Gasteiger partial charge on any atom is 0.324 e. The van der Waals surface area contributed by atoms with Gasteiger partial charge in [0, 0.05) is 6.07 Å². The van der Waals surface area contributed by atoms with Crippen molar-refractivity contribution in [3.05, 3.63) is 27.1 Å². The summed E-state index contributed by atoms with van der Waals surface area (Å²) in [6.07, 6.45) is 16.2. The van der Waals surface area contributed by atoms with Gasteiger partial charge >= 0.3 is 5.00 Å². The van der Waals surface area contributed by atoms with Crippen molar-refractivity contribution in [1.29, 1.82) is 0 Å². The predicted octanol–water partition coefficient (Wildman–Crippen LogP) is 6.00. The normalized spacial score (nSPS) is 44.6. The molecule has 1 aromatic heterocycles. The van der Waals surface area contributed by atoms with E-state index in [9.17, 15) is 14.9 Å². The van der Waals surface area contributed by atoms with Gasteiger partial charge in [-0.05, 0) is 119 Å². The fraction of sp³-hybridized carbons (Fsp3) is 0.769. The van der Waals surface area contributed by atoms with Crippen LogP contribution < -0.4 is 0 Å². The van der Waals surface area contributed by atoms with Gasteiger partial charge in [-0.1, -0.05) is 11.3 Å². The van der Waals surface area contributed by atoms with Gasteiger partial charge < -0.3 is 0 Å². The fourth-order valence-electron chi connectivity index (χ4n) is 9.94. The molecule has 8 fully saturated rings. The van der Waals surface area contributed by atoms with E-state index in [4.69, 9.17) is 5.10 Å². The van der Waals surface area contributed by atoms with E-state index in [1.165, 1.54) is 38.5 Å². The van der Waals surface area contributed by atoms with Crippen LogP contribution >= 0.6 is 11.3 Å². The molecule has 0 saturated heterocycles. The summed E-state index contributed by atoms with van der Waals surface area (Å²) in [5.41, 5.74) is -0.342. The molecule has 6 nitrogen and oxygen atoms in total. The third-order valence-corrected chi connectivity index (χ3v) is 11.2. The van der Waals surface area contributed by atoms with E-state index in [2.05, 4.69) is 0 Å². The molecule has 1 heterocycles. The summed E-state index contributed by atoms with van der Waals surface area (Å²) in [5, 5.41) is 18.2. The molecule has 0 N–H and O–H groups in total. The van der Waals surface area contributed by atoms with Crippen LogP contribution in [0.15, 0.2) is 17.2 Å². The van der Waals surface area contributed by atoms with Crippen molar-refractivity contribution in [3.8, 4) is 0 Å². The van der Waals surface area contributed by atoms with Crippen molar-refractivity contribution in [1.82, 2.24) is 5.01 Å². The van der Waals surface area contributed by atoms with Crippen molar-refractivity contribution >= 4 is 28.5 Å². The fourth-order valence-corrected chi connectivity index (χ4v) is 10.6. The quantitative estimate of drug-likeness (QED) is 0.303. The summed E-state index contributed by atoms with van der Waals surface area (Å²) in [6, 6.07) is 3.31. The Balaban J connectivity index is 1.25. The molecule has 8 aliphatic carbocycles. The lowest BCUT2D eigenvalue weighted by Gasteiger charge is -2.61. The third-order valence-electron chi connectivity index (χ3n) is 10.2. The van der Waals surface area contributed by atoms with Crippen molar-refractivity contribution < 1.29 is 9.72 Å². The second-order valence-electron chi connectivity index (χ2n) is 12.6. The lowest BCUT2D eigenvalue weighted by atomic mass is 9.48. The van der Waals surface area contributed by atoms with Gasteiger partial charge in [-0.25, -0.2) is 5.01 Å². The standard InChI is InChI=1S/C26H33N3O3S/c30-24(25-9-16-3-17(10-25)5-18(4-16)11-25)28(27-15-22-1-2-23(33-22)29(31)32)26-12-19-6-20(13-26)8-21(7-19)14-26/h1-2,15-21H,3-14H2. The van der Waals surface area contributed by atoms with Crippen LogP contribution in [0.25, 0.3) is 0 Å². The van der Waals surface area contributed by atoms with E-state index in [-0.39, 0.29) is 20.9 Å². The Morgan fingerprint density at radius 1 is 0.909 bits per heavy atom. The smallest absolute Gasteiger partial charge is 0.272 e. The Hall–Kier alpha value is -1.76. The molecule has 9 rings (SSSR count). The minimum atomic E-state index is -0.348. The number of hydrogen-bond acceptors (Lipinski definition) is 5. The SMILES string of the molecule is O=C(N(N=Cc1ccc([N+](=O)[O-])s1)C12CC3CC(CC(C3)C1)C2)C12CC3CC(CC(C3)C1)C2. The molecular weight excluding hydrogens is 434 g/mol. The number of thiophene rings is 1. The number of nitro groups is 1. The molecule has 0 unspecified atom stereocenters. The lowest BCUT2D eigenvalue weighted by Crippen LogP contribution is -2.64. The van der Waals surface area contributed by atoms with Gasteiger partial charge in [0.15, 0.2) is 0 Å². The Labute approximate surface area is 199 Å². The maximum absolute atomic E-state index is 14.6. The first kappa shape index (κ1) is 20.6. The number of carbonyl (C=O) groups excluding carboxylic acids is 1. The summed E-state index contributed by atoms with van der Waals surface area (Å²) in [6.45, 7) is 0. The largest absolute Gasteiger partial charge is 0.324 e. The van der Waals surface area contributed by atoms with E-state index in [1.54, 1.807) is 18.3 Å². The summed E-state index contributed by atoms with van der Waals surface area (Å²) in [4.78, 5) is 26.1. The van der Waals surface area contributed by atoms with E-state index < -0.39 is 0 Å². The molecule has 8 bridgehead atoms. The monoisotopic (exact) mass is 467 g/mol. The molecule has 0 aromatic carbocycles. The van der Waals surface area contributed by atoms with Gasteiger partial charge in [0.25, 0.3) is 0 Å². The van der Waals surface area contributed by atoms with Crippen LogP contribution in [0.4, 0.5) is 5.00 Å². The van der Waals surface area contributed by atoms with Gasteiger partial charge in [-0.3, -0.25) is 14.9 Å². The van der Waals surface area contributed by atoms with E-state index in [0.29, 0.717) is 5.91 Å². The van der Waals surface area contributed by atoms with E-state index in [1.807, 2.05) is 5.01 Å². The molecule has 0 spiro atoms. The first-order chi connectivity index (χ1) is 15.9. The molecular formula is C26H33N3O3S. The number of amides is 1. The predicted molar refractivity (Wildman–Crippen MR) is 127 cm³/mol. The molecule has 1 amide bonds. The number of carbonyl (C=O) groups is 1. The molecule has 8 saturated carbocycles. The van der Waals surface area contributed by atoms with E-state index >= 15 is 0 Å². The highest BCUT2D eigenvalue weighted by molar-refractivity contribution is 7.16. The highest BCUT2D eigenvalue weighted by atomic mass is 32.1. The minimum absolute atomic E-state index is 0.130. The average Bonchev–Trinajstić information content (AvgIpc) is 3.21. The Bertz CT molecular complexity index is 959. The second-order valence-corrected chi connectivity index (χ2v) is 13.7. The van der Waals surface area contributed by atoms with Crippen LogP contribution in [0.2, 0.25) is 0 Å². The first-order valence-corrected chi connectivity index (χ1v) is 13.8. The third kappa shape index (κ3) is 3.24. The first-order valence-electron chi connectivity index (χ1n) is 13.0. The number of hydrogen-bond donors (Lipinski definition) is 0. The van der Waals surface area contributed by atoms with Crippen LogP contribution in [0, 0.1) is 51.0 Å². The van der Waals surface area contributed by atoms with Crippen LogP contribution in [-0.4, -0.2) is 27.6 Å². The zero-order valence-electron chi connectivity index (χ0n) is 19.2. The van der Waals surface area contributed by atoms with Gasteiger partial charge in [-0.15, -0.1) is 0 Å². The summed E-state index contributed by atoms with van der Waals surface area (Å²) in [5.74, 6) is 4.68. The molecule has 0 atom stereocenters. The topological polar surface area (TPSA) is 75.8 Å². The molecule has 33 heavy (non-hydrogen) atoms. The molecule has 0 aliphatic heterocycles. The molecule has 1 aromatic rings. The van der Waals surface area contributed by atoms with Crippen molar-refractivity contribution in [3.63, 3.8) is 0 Å². The summed E-state index contributed by atoms with van der Waals surface area (Å²) < 4.78 is 0. The van der Waals surface area contributed by atoms with Crippen LogP contribution in [-0.2, 0) is 4.79 Å². The number of rotatable bonds is 5. The molecule has 7 heteroatoms. The number of nitrogens with zero attached hydrogens (tertiary/aromatic N) is 3. The van der Waals surface area contributed by atoms with Crippen molar-refractivity contribution in [2.75, 3.05) is 0 Å². The lowest BCUT2D eigenvalue weighted by molar-refractivity contribution is -0.380. The summed E-state index contributed by atoms with van der Waals surface area (Å²) in [7, 11) is 0. The second kappa shape index (κ2) is 7.12. The maximum atomic E-state index is 14.6. The van der Waals surface area contributed by atoms with Gasteiger partial charge in [0.2, 0.25) is 5.91 Å². The minimum Gasteiger partial charge on any atom is -0.272 e. The zero-order chi connectivity index (χ0) is 22.4. The molecule has 8 aliphatic rings. The Morgan fingerprint density at radius 2 is 1.39 bits per heavy atom. The van der Waals surface area contributed by atoms with Crippen LogP contribution in [0.1, 0.15) is 81.9 Å². The highest BCUT2D eigenvalue weighted by Gasteiger charge is 2.61. The average molecular weight is 468 g/mol. The van der Waals surface area contributed by atoms with Gasteiger partial charge in [-0.2, -0.15) is 5.10 Å². The van der Waals surface area contributed by atoms with Crippen molar-refractivity contribution in [2.45, 2.75) is 82.6 Å². The molecule has 176 valence electrons. The van der Waals surface area contributed by atoms with Gasteiger partial charge in [0.1, 0.15) is 0 Å².